The van der Waals surface area contributed by atoms with Crippen LogP contribution in [0, 0.1) is 33.3 Å². The second-order valence-electron chi connectivity index (χ2n) is 2.70. The second-order valence-corrected chi connectivity index (χ2v) is 3.49. The number of alkyl halides is 1. The molecule has 5 nitrogen and oxygen atoms in total. The Morgan fingerprint density at radius 2 is 2.38 bits per heavy atom. The first-order valence-electron chi connectivity index (χ1n) is 4.28. The van der Waals surface area contributed by atoms with Gasteiger partial charge >= 0.3 is 5.69 Å². The van der Waals surface area contributed by atoms with Gasteiger partial charge in [-0.3, -0.25) is 10.1 Å². The fourth-order valence-electron chi connectivity index (χ4n) is 0.959. The van der Waals surface area contributed by atoms with E-state index in [4.69, 9.17) is 5.26 Å². The monoisotopic (exact) mass is 279 g/mol. The number of aromatic nitrogens is 1. The van der Waals surface area contributed by atoms with Crippen molar-refractivity contribution in [2.45, 2.75) is 6.42 Å². The molecule has 0 N–H and O–H groups in total. The Balaban J connectivity index is 3.10. The van der Waals surface area contributed by atoms with E-state index in [9.17, 15) is 10.1 Å². The van der Waals surface area contributed by atoms with Gasteiger partial charge in [-0.05, 0) is 0 Å². The van der Waals surface area contributed by atoms with E-state index in [2.05, 4.69) is 32.8 Å². The van der Waals surface area contributed by atoms with Crippen LogP contribution in [0.5, 0.6) is 0 Å². The zero-order valence-electron chi connectivity index (χ0n) is 8.11. The highest BCUT2D eigenvalue weighted by molar-refractivity contribution is 9.09. The molecular weight excluding hydrogens is 274 g/mol. The smallest absolute Gasteiger partial charge is 0.258 e. The molecule has 0 aromatic carbocycles. The minimum absolute atomic E-state index is 0.198. The predicted molar refractivity (Wildman–Crippen MR) is 60.9 cm³/mol. The summed E-state index contributed by atoms with van der Waals surface area (Å²) >= 11 is 3.21. The topological polar surface area (TPSA) is 79.8 Å². The van der Waals surface area contributed by atoms with Crippen LogP contribution in [0.2, 0.25) is 0 Å². The standard InChI is InChI=1S/C10H6BrN3O2/c11-4-2-1-3-8-5-10(14(15)16)9(6-12)13-7-8/h5,7H,2,4H2. The molecule has 6 heteroatoms. The predicted octanol–water partition coefficient (Wildman–Crippen LogP) is 2.00. The Morgan fingerprint density at radius 1 is 1.62 bits per heavy atom. The molecule has 0 unspecified atom stereocenters. The van der Waals surface area contributed by atoms with E-state index in [1.54, 1.807) is 6.07 Å². The third-order valence-electron chi connectivity index (χ3n) is 1.62. The van der Waals surface area contributed by atoms with Crippen molar-refractivity contribution in [3.05, 3.63) is 33.6 Å². The molecule has 0 saturated heterocycles. The summed E-state index contributed by atoms with van der Waals surface area (Å²) < 4.78 is 0. The Morgan fingerprint density at radius 3 is 2.94 bits per heavy atom. The highest BCUT2D eigenvalue weighted by Crippen LogP contribution is 2.16. The van der Waals surface area contributed by atoms with E-state index in [0.29, 0.717) is 12.0 Å². The van der Waals surface area contributed by atoms with Crippen LogP contribution in [0.3, 0.4) is 0 Å². The summed E-state index contributed by atoms with van der Waals surface area (Å²) in [6.07, 6.45) is 2.00. The number of pyridine rings is 1. The van der Waals surface area contributed by atoms with Crippen molar-refractivity contribution in [2.75, 3.05) is 5.33 Å². The van der Waals surface area contributed by atoms with Crippen molar-refractivity contribution in [3.8, 4) is 17.9 Å². The van der Waals surface area contributed by atoms with Gasteiger partial charge in [-0.1, -0.05) is 27.8 Å². The van der Waals surface area contributed by atoms with Gasteiger partial charge in [0, 0.05) is 29.6 Å². The number of hydrogen-bond acceptors (Lipinski definition) is 4. The molecule has 1 aromatic heterocycles. The maximum atomic E-state index is 10.6. The Kier molecular flexibility index (Phi) is 4.43. The Hall–Kier alpha value is -1.92. The average Bonchev–Trinajstić information content (AvgIpc) is 2.29. The summed E-state index contributed by atoms with van der Waals surface area (Å²) in [4.78, 5) is 13.7. The van der Waals surface area contributed by atoms with E-state index in [1.807, 2.05) is 0 Å². The average molecular weight is 280 g/mol. The summed E-state index contributed by atoms with van der Waals surface area (Å²) in [6, 6.07) is 2.92. The molecule has 0 bridgehead atoms. The zero-order chi connectivity index (χ0) is 12.0. The molecule has 0 aliphatic heterocycles. The lowest BCUT2D eigenvalue weighted by atomic mass is 10.2. The molecule has 1 rings (SSSR count). The molecule has 0 spiro atoms. The van der Waals surface area contributed by atoms with Crippen molar-refractivity contribution < 1.29 is 4.92 Å². The van der Waals surface area contributed by atoms with Crippen LogP contribution in [0.4, 0.5) is 5.69 Å². The van der Waals surface area contributed by atoms with E-state index >= 15 is 0 Å². The van der Waals surface area contributed by atoms with Crippen molar-refractivity contribution >= 4 is 21.6 Å². The van der Waals surface area contributed by atoms with E-state index in [0.717, 1.165) is 5.33 Å². The number of halogens is 1. The summed E-state index contributed by atoms with van der Waals surface area (Å²) in [5.74, 6) is 5.55. The SMILES string of the molecule is N#Cc1ncc(C#CCCBr)cc1[N+](=O)[O-]. The minimum atomic E-state index is -0.638. The van der Waals surface area contributed by atoms with Crippen LogP contribution in [-0.2, 0) is 0 Å². The summed E-state index contributed by atoms with van der Waals surface area (Å²) in [5, 5.41) is 20.0. The first kappa shape index (κ1) is 12.2. The number of nitriles is 1. The van der Waals surface area contributed by atoms with Crippen molar-refractivity contribution in [1.82, 2.24) is 4.98 Å². The molecule has 1 aromatic rings. The highest BCUT2D eigenvalue weighted by Gasteiger charge is 2.14. The molecule has 0 amide bonds. The number of hydrogen-bond donors (Lipinski definition) is 0. The lowest BCUT2D eigenvalue weighted by molar-refractivity contribution is -0.385. The maximum Gasteiger partial charge on any atom is 0.306 e. The lowest BCUT2D eigenvalue weighted by Crippen LogP contribution is -1.95. The summed E-state index contributed by atoms with van der Waals surface area (Å²) in [7, 11) is 0. The van der Waals surface area contributed by atoms with E-state index in [-0.39, 0.29) is 11.4 Å². The molecule has 0 aliphatic carbocycles. The Labute approximate surface area is 100 Å². The van der Waals surface area contributed by atoms with Gasteiger partial charge in [0.05, 0.1) is 4.92 Å². The normalized spacial score (nSPS) is 8.75. The molecule has 16 heavy (non-hydrogen) atoms. The number of nitro groups is 1. The maximum absolute atomic E-state index is 10.6. The summed E-state index contributed by atoms with van der Waals surface area (Å²) in [5.41, 5.74) is -0.0733. The number of nitrogens with zero attached hydrogens (tertiary/aromatic N) is 3. The zero-order valence-corrected chi connectivity index (χ0v) is 9.69. The van der Waals surface area contributed by atoms with Gasteiger partial charge in [0.15, 0.2) is 0 Å². The van der Waals surface area contributed by atoms with Crippen LogP contribution >= 0.6 is 15.9 Å². The van der Waals surface area contributed by atoms with Crippen LogP contribution < -0.4 is 0 Å². The second kappa shape index (κ2) is 5.84. The molecule has 80 valence electrons. The molecule has 0 atom stereocenters. The third kappa shape index (κ3) is 3.04. The van der Waals surface area contributed by atoms with Crippen LogP contribution in [-0.4, -0.2) is 15.2 Å². The van der Waals surface area contributed by atoms with Crippen LogP contribution in [0.1, 0.15) is 17.7 Å². The van der Waals surface area contributed by atoms with Gasteiger partial charge in [-0.15, -0.1) is 0 Å². The molecule has 0 fully saturated rings. The first-order valence-corrected chi connectivity index (χ1v) is 5.40. The largest absolute Gasteiger partial charge is 0.306 e. The van der Waals surface area contributed by atoms with Gasteiger partial charge in [0.25, 0.3) is 0 Å². The van der Waals surface area contributed by atoms with E-state index in [1.165, 1.54) is 12.3 Å². The fraction of sp³-hybridized carbons (Fsp3) is 0.200. The number of rotatable bonds is 2. The first-order chi connectivity index (χ1) is 7.69. The summed E-state index contributed by atoms with van der Waals surface area (Å²) in [6.45, 7) is 0. The molecule has 0 radical (unpaired) electrons. The quantitative estimate of drug-likeness (QED) is 0.359. The van der Waals surface area contributed by atoms with E-state index < -0.39 is 4.92 Å². The molecule has 0 aliphatic rings. The van der Waals surface area contributed by atoms with Gasteiger partial charge in [-0.2, -0.15) is 5.26 Å². The van der Waals surface area contributed by atoms with Gasteiger partial charge in [0.2, 0.25) is 5.69 Å². The minimum Gasteiger partial charge on any atom is -0.258 e. The third-order valence-corrected chi connectivity index (χ3v) is 2.02. The van der Waals surface area contributed by atoms with Gasteiger partial charge < -0.3 is 0 Å². The van der Waals surface area contributed by atoms with Gasteiger partial charge in [-0.25, -0.2) is 4.98 Å². The Bertz CT molecular complexity index is 511. The fourth-order valence-corrected chi connectivity index (χ4v) is 1.16. The molecule has 1 heterocycles. The van der Waals surface area contributed by atoms with Crippen LogP contribution in [0.15, 0.2) is 12.3 Å². The highest BCUT2D eigenvalue weighted by atomic mass is 79.9. The molecule has 0 saturated carbocycles. The molecular formula is C10H6BrN3O2. The van der Waals surface area contributed by atoms with Gasteiger partial charge in [0.1, 0.15) is 6.07 Å². The lowest BCUT2D eigenvalue weighted by Gasteiger charge is -1.94. The van der Waals surface area contributed by atoms with Crippen molar-refractivity contribution in [2.24, 2.45) is 0 Å². The van der Waals surface area contributed by atoms with Crippen molar-refractivity contribution in [3.63, 3.8) is 0 Å². The van der Waals surface area contributed by atoms with Crippen LogP contribution in [0.25, 0.3) is 0 Å². The van der Waals surface area contributed by atoms with Crippen molar-refractivity contribution in [1.29, 1.82) is 5.26 Å².